The normalized spacial score (nSPS) is 11.8. The topological polar surface area (TPSA) is 83.6 Å². The van der Waals surface area contributed by atoms with Crippen LogP contribution >= 0.6 is 0 Å². The van der Waals surface area contributed by atoms with E-state index in [1.165, 1.54) is 0 Å². The Morgan fingerprint density at radius 3 is 2.34 bits per heavy atom. The summed E-state index contributed by atoms with van der Waals surface area (Å²) in [6, 6.07) is 26.0. The van der Waals surface area contributed by atoms with Crippen molar-refractivity contribution in [2.45, 2.75) is 19.1 Å². The van der Waals surface area contributed by atoms with Crippen molar-refractivity contribution >= 4 is 16.7 Å². The Kier molecular flexibility index (Phi) is 6.51. The average Bonchev–Trinajstić information content (AvgIpc) is 2.82. The van der Waals surface area contributed by atoms with Gasteiger partial charge in [0.1, 0.15) is 18.1 Å². The SMILES string of the molecule is NC(=O)C(Cc1ccc(OCCn2ccc3ccccc3c2=O)cc1)Oc1ccccc1. The molecule has 0 spiro atoms. The zero-order valence-electron chi connectivity index (χ0n) is 17.5. The predicted octanol–water partition coefficient (Wildman–Crippen LogP) is 3.56. The molecule has 3 aromatic carbocycles. The van der Waals surface area contributed by atoms with Crippen LogP contribution in [0.2, 0.25) is 0 Å². The molecule has 32 heavy (non-hydrogen) atoms. The fourth-order valence-electron chi connectivity index (χ4n) is 3.47. The first kappa shape index (κ1) is 21.2. The van der Waals surface area contributed by atoms with Crippen LogP contribution in [0.5, 0.6) is 11.5 Å². The van der Waals surface area contributed by atoms with E-state index in [-0.39, 0.29) is 5.56 Å². The van der Waals surface area contributed by atoms with Crippen LogP contribution in [0.25, 0.3) is 10.8 Å². The summed E-state index contributed by atoms with van der Waals surface area (Å²) in [5.74, 6) is 0.761. The van der Waals surface area contributed by atoms with Gasteiger partial charge in [-0.3, -0.25) is 9.59 Å². The third-order valence-corrected chi connectivity index (χ3v) is 5.17. The monoisotopic (exact) mass is 428 g/mol. The largest absolute Gasteiger partial charge is 0.492 e. The van der Waals surface area contributed by atoms with Crippen molar-refractivity contribution in [3.8, 4) is 11.5 Å². The Balaban J connectivity index is 1.34. The van der Waals surface area contributed by atoms with E-state index in [0.717, 1.165) is 10.9 Å². The highest BCUT2D eigenvalue weighted by Crippen LogP contribution is 2.17. The number of hydrogen-bond acceptors (Lipinski definition) is 4. The number of pyridine rings is 1. The van der Waals surface area contributed by atoms with Crippen molar-refractivity contribution in [3.05, 3.63) is 107 Å². The molecular formula is C26H24N2O4. The van der Waals surface area contributed by atoms with Gasteiger partial charge in [0.05, 0.1) is 6.54 Å². The number of benzene rings is 3. The minimum atomic E-state index is -0.760. The van der Waals surface area contributed by atoms with Crippen LogP contribution < -0.4 is 20.8 Å². The number of carbonyl (C=O) groups excluding carboxylic acids is 1. The molecule has 6 heteroatoms. The van der Waals surface area contributed by atoms with Crippen molar-refractivity contribution in [1.82, 2.24) is 4.57 Å². The maximum absolute atomic E-state index is 12.6. The van der Waals surface area contributed by atoms with Gasteiger partial charge >= 0.3 is 0 Å². The lowest BCUT2D eigenvalue weighted by atomic mass is 10.1. The Labute approximate surface area is 185 Å². The molecule has 1 unspecified atom stereocenters. The number of rotatable bonds is 9. The first-order valence-corrected chi connectivity index (χ1v) is 10.4. The second kappa shape index (κ2) is 9.83. The molecule has 0 aliphatic carbocycles. The van der Waals surface area contributed by atoms with Crippen LogP contribution in [-0.4, -0.2) is 23.2 Å². The molecule has 0 aliphatic rings. The van der Waals surface area contributed by atoms with Crippen molar-refractivity contribution in [1.29, 1.82) is 0 Å². The maximum atomic E-state index is 12.6. The minimum Gasteiger partial charge on any atom is -0.492 e. The highest BCUT2D eigenvalue weighted by molar-refractivity contribution is 5.81. The molecule has 2 N–H and O–H groups in total. The van der Waals surface area contributed by atoms with E-state index in [2.05, 4.69) is 0 Å². The van der Waals surface area contributed by atoms with E-state index in [1.807, 2.05) is 72.8 Å². The van der Waals surface area contributed by atoms with Crippen LogP contribution in [0.1, 0.15) is 5.56 Å². The number of nitrogens with zero attached hydrogens (tertiary/aromatic N) is 1. The molecule has 4 aromatic rings. The van der Waals surface area contributed by atoms with Crippen molar-refractivity contribution < 1.29 is 14.3 Å². The summed E-state index contributed by atoms with van der Waals surface area (Å²) in [5.41, 5.74) is 6.39. The van der Waals surface area contributed by atoms with Gasteiger partial charge in [0.25, 0.3) is 11.5 Å². The number of nitrogens with two attached hydrogens (primary N) is 1. The molecule has 0 saturated carbocycles. The number of fused-ring (bicyclic) bond motifs is 1. The van der Waals surface area contributed by atoms with Crippen LogP contribution in [0.15, 0.2) is 95.9 Å². The first-order valence-electron chi connectivity index (χ1n) is 10.4. The quantitative estimate of drug-likeness (QED) is 0.442. The number of carbonyl (C=O) groups is 1. The van der Waals surface area contributed by atoms with Crippen LogP contribution in [0, 0.1) is 0 Å². The molecule has 1 heterocycles. The third kappa shape index (κ3) is 5.16. The third-order valence-electron chi connectivity index (χ3n) is 5.17. The second-order valence-corrected chi connectivity index (χ2v) is 7.42. The lowest BCUT2D eigenvalue weighted by molar-refractivity contribution is -0.124. The molecule has 0 bridgehead atoms. The van der Waals surface area contributed by atoms with Gasteiger partial charge in [0.2, 0.25) is 0 Å². The maximum Gasteiger partial charge on any atom is 0.258 e. The fraction of sp³-hybridized carbons (Fsp3) is 0.154. The Morgan fingerprint density at radius 2 is 1.59 bits per heavy atom. The summed E-state index contributed by atoms with van der Waals surface area (Å²) < 4.78 is 13.2. The van der Waals surface area contributed by atoms with Crippen molar-refractivity contribution in [3.63, 3.8) is 0 Å². The smallest absolute Gasteiger partial charge is 0.258 e. The summed E-state index contributed by atoms with van der Waals surface area (Å²) in [7, 11) is 0. The van der Waals surface area contributed by atoms with E-state index in [9.17, 15) is 9.59 Å². The summed E-state index contributed by atoms with van der Waals surface area (Å²) >= 11 is 0. The van der Waals surface area contributed by atoms with Gasteiger partial charge < -0.3 is 19.8 Å². The van der Waals surface area contributed by atoms with E-state index >= 15 is 0 Å². The van der Waals surface area contributed by atoms with Gasteiger partial charge in [0.15, 0.2) is 6.10 Å². The van der Waals surface area contributed by atoms with Gasteiger partial charge in [-0.25, -0.2) is 0 Å². The number of ether oxygens (including phenoxy) is 2. The van der Waals surface area contributed by atoms with E-state index < -0.39 is 12.0 Å². The van der Waals surface area contributed by atoms with Gasteiger partial charge in [-0.05, 0) is 47.3 Å². The lowest BCUT2D eigenvalue weighted by Crippen LogP contribution is -2.35. The molecule has 1 atom stereocenters. The average molecular weight is 428 g/mol. The first-order chi connectivity index (χ1) is 15.6. The molecule has 0 radical (unpaired) electrons. The lowest BCUT2D eigenvalue weighted by Gasteiger charge is -2.16. The zero-order chi connectivity index (χ0) is 22.3. The van der Waals surface area contributed by atoms with E-state index in [4.69, 9.17) is 15.2 Å². The molecule has 6 nitrogen and oxygen atoms in total. The second-order valence-electron chi connectivity index (χ2n) is 7.42. The van der Waals surface area contributed by atoms with Gasteiger partial charge in [-0.2, -0.15) is 0 Å². The van der Waals surface area contributed by atoms with Crippen LogP contribution in [0.3, 0.4) is 0 Å². The highest BCUT2D eigenvalue weighted by Gasteiger charge is 2.18. The summed E-state index contributed by atoms with van der Waals surface area (Å²) in [4.78, 5) is 24.4. The predicted molar refractivity (Wildman–Crippen MR) is 124 cm³/mol. The zero-order valence-corrected chi connectivity index (χ0v) is 17.5. The number of primary amides is 1. The van der Waals surface area contributed by atoms with Crippen molar-refractivity contribution in [2.24, 2.45) is 5.73 Å². The Bertz CT molecular complexity index is 1250. The van der Waals surface area contributed by atoms with Crippen LogP contribution in [0.4, 0.5) is 0 Å². The number of hydrogen-bond donors (Lipinski definition) is 1. The molecule has 4 rings (SSSR count). The van der Waals surface area contributed by atoms with Crippen LogP contribution in [-0.2, 0) is 17.8 Å². The summed E-state index contributed by atoms with van der Waals surface area (Å²) in [5, 5.41) is 1.62. The molecular weight excluding hydrogens is 404 g/mol. The minimum absolute atomic E-state index is 0.0297. The molecule has 1 aromatic heterocycles. The van der Waals surface area contributed by atoms with Crippen molar-refractivity contribution in [2.75, 3.05) is 6.61 Å². The fourth-order valence-corrected chi connectivity index (χ4v) is 3.47. The molecule has 0 aliphatic heterocycles. The molecule has 0 fully saturated rings. The molecule has 0 saturated heterocycles. The molecule has 1 amide bonds. The van der Waals surface area contributed by atoms with E-state index in [1.54, 1.807) is 22.9 Å². The highest BCUT2D eigenvalue weighted by atomic mass is 16.5. The Hall–Kier alpha value is -4.06. The Morgan fingerprint density at radius 1 is 0.875 bits per heavy atom. The number of para-hydroxylation sites is 1. The summed E-state index contributed by atoms with van der Waals surface area (Å²) in [6.45, 7) is 0.804. The van der Waals surface area contributed by atoms with Gasteiger partial charge in [0, 0.05) is 18.0 Å². The number of aromatic nitrogens is 1. The molecule has 162 valence electrons. The number of amides is 1. The van der Waals surface area contributed by atoms with Gasteiger partial charge in [-0.1, -0.05) is 48.5 Å². The van der Waals surface area contributed by atoms with E-state index in [0.29, 0.717) is 36.5 Å². The van der Waals surface area contributed by atoms with Gasteiger partial charge in [-0.15, -0.1) is 0 Å². The standard InChI is InChI=1S/C26H24N2O4/c27-25(29)24(32-22-7-2-1-3-8-22)18-19-10-12-21(13-11-19)31-17-16-28-15-14-20-6-4-5-9-23(20)26(28)30/h1-15,24H,16-18H2,(H2,27,29). The summed E-state index contributed by atoms with van der Waals surface area (Å²) in [6.07, 6.45) is 1.38.